The second-order valence-corrected chi connectivity index (χ2v) is 6.58. The Bertz CT molecular complexity index is 420. The van der Waals surface area contributed by atoms with Gasteiger partial charge >= 0.3 is 0 Å². The molecule has 0 aromatic heterocycles. The van der Waals surface area contributed by atoms with Crippen LogP contribution in [-0.4, -0.2) is 25.0 Å². The number of nitrogens with one attached hydrogen (secondary N) is 1. The minimum absolute atomic E-state index is 0.388. The van der Waals surface area contributed by atoms with Crippen LogP contribution in [0.15, 0.2) is 29.2 Å². The third-order valence-corrected chi connectivity index (χ3v) is 5.57. The normalized spacial score (nSPS) is 25.2. The first kappa shape index (κ1) is 13.4. The van der Waals surface area contributed by atoms with E-state index in [-0.39, 0.29) is 0 Å². The lowest BCUT2D eigenvalue weighted by atomic mass is 9.84. The van der Waals surface area contributed by atoms with Crippen molar-refractivity contribution in [1.29, 1.82) is 0 Å². The monoisotopic (exact) mass is 278 g/mol. The van der Waals surface area contributed by atoms with E-state index in [2.05, 4.69) is 29.7 Å². The summed E-state index contributed by atoms with van der Waals surface area (Å²) in [6.07, 6.45) is 3.53. The Morgan fingerprint density at radius 3 is 2.89 bits per heavy atom. The summed E-state index contributed by atoms with van der Waals surface area (Å²) in [4.78, 5) is 1.43. The Morgan fingerprint density at radius 2 is 2.11 bits per heavy atom. The number of nitrogens with two attached hydrogens (primary N) is 1. The lowest BCUT2D eigenvalue weighted by Crippen LogP contribution is -2.42. The zero-order chi connectivity index (χ0) is 13.1. The number of benzene rings is 1. The van der Waals surface area contributed by atoms with Crippen LogP contribution in [0.3, 0.4) is 0 Å². The van der Waals surface area contributed by atoms with Crippen molar-refractivity contribution in [1.82, 2.24) is 5.43 Å². The smallest absolute Gasteiger partial charge is 0.0468 e. The number of fused-ring (bicyclic) bond motifs is 1. The largest absolute Gasteiger partial charge is 0.381 e. The fourth-order valence-electron chi connectivity index (χ4n) is 3.21. The topological polar surface area (TPSA) is 47.3 Å². The highest BCUT2D eigenvalue weighted by Crippen LogP contribution is 2.42. The Kier molecular flexibility index (Phi) is 4.43. The summed E-state index contributed by atoms with van der Waals surface area (Å²) in [7, 11) is 0. The summed E-state index contributed by atoms with van der Waals surface area (Å²) >= 11 is 1.96. The summed E-state index contributed by atoms with van der Waals surface area (Å²) < 4.78 is 5.44. The highest BCUT2D eigenvalue weighted by molar-refractivity contribution is 7.99. The van der Waals surface area contributed by atoms with Crippen LogP contribution >= 0.6 is 11.8 Å². The Hall–Kier alpha value is -0.550. The quantitative estimate of drug-likeness (QED) is 0.656. The fourth-order valence-corrected chi connectivity index (χ4v) is 4.54. The minimum atomic E-state index is 0.388. The summed E-state index contributed by atoms with van der Waals surface area (Å²) in [5.41, 5.74) is 4.55. The van der Waals surface area contributed by atoms with E-state index < -0.39 is 0 Å². The second kappa shape index (κ2) is 6.27. The van der Waals surface area contributed by atoms with Gasteiger partial charge < -0.3 is 4.74 Å². The molecule has 4 heteroatoms. The first-order valence-corrected chi connectivity index (χ1v) is 8.12. The molecule has 2 unspecified atom stereocenters. The summed E-state index contributed by atoms with van der Waals surface area (Å²) in [5.74, 6) is 8.29. The van der Waals surface area contributed by atoms with Gasteiger partial charge in [0.15, 0.2) is 0 Å². The number of rotatable bonds is 4. The second-order valence-electron chi connectivity index (χ2n) is 5.52. The van der Waals surface area contributed by atoms with Crippen LogP contribution in [0.2, 0.25) is 0 Å². The molecule has 0 saturated carbocycles. The molecule has 0 radical (unpaired) electrons. The zero-order valence-corrected chi connectivity index (χ0v) is 12.0. The van der Waals surface area contributed by atoms with Crippen LogP contribution < -0.4 is 11.3 Å². The predicted molar refractivity (Wildman–Crippen MR) is 79.2 cm³/mol. The van der Waals surface area contributed by atoms with Gasteiger partial charge in [0.05, 0.1) is 0 Å². The standard InChI is InChI=1S/C15H22N2OS/c16-17-14(9-11-5-7-18-8-6-11)13-10-19-15-4-2-1-3-12(13)15/h1-4,11,13-14,17H,5-10,16H2. The van der Waals surface area contributed by atoms with Gasteiger partial charge in [-0.15, -0.1) is 11.8 Å². The van der Waals surface area contributed by atoms with Gasteiger partial charge in [-0.3, -0.25) is 11.3 Å². The maximum absolute atomic E-state index is 5.84. The summed E-state index contributed by atoms with van der Waals surface area (Å²) in [6, 6.07) is 9.13. The molecule has 2 atom stereocenters. The molecule has 104 valence electrons. The molecule has 3 nitrogen and oxygen atoms in total. The number of ether oxygens (including phenoxy) is 1. The predicted octanol–water partition coefficient (Wildman–Crippen LogP) is 2.52. The van der Waals surface area contributed by atoms with E-state index in [1.54, 1.807) is 0 Å². The summed E-state index contributed by atoms with van der Waals surface area (Å²) in [5, 5.41) is 0. The Morgan fingerprint density at radius 1 is 1.32 bits per heavy atom. The van der Waals surface area contributed by atoms with Gasteiger partial charge in [0.25, 0.3) is 0 Å². The van der Waals surface area contributed by atoms with Gasteiger partial charge in [-0.05, 0) is 36.8 Å². The molecule has 1 saturated heterocycles. The van der Waals surface area contributed by atoms with Crippen LogP contribution in [-0.2, 0) is 4.74 Å². The molecule has 2 aliphatic heterocycles. The van der Waals surface area contributed by atoms with Crippen molar-refractivity contribution in [3.8, 4) is 0 Å². The van der Waals surface area contributed by atoms with E-state index in [1.807, 2.05) is 11.8 Å². The summed E-state index contributed by atoms with van der Waals surface area (Å²) in [6.45, 7) is 1.83. The first-order valence-electron chi connectivity index (χ1n) is 7.14. The maximum Gasteiger partial charge on any atom is 0.0468 e. The molecule has 3 N–H and O–H groups in total. The third-order valence-electron chi connectivity index (χ3n) is 4.36. The maximum atomic E-state index is 5.84. The molecule has 1 fully saturated rings. The first-order chi connectivity index (χ1) is 9.38. The van der Waals surface area contributed by atoms with Gasteiger partial charge in [0, 0.05) is 35.8 Å². The minimum Gasteiger partial charge on any atom is -0.381 e. The van der Waals surface area contributed by atoms with E-state index >= 15 is 0 Å². The van der Waals surface area contributed by atoms with Gasteiger partial charge in [-0.1, -0.05) is 18.2 Å². The number of hydrazine groups is 1. The average molecular weight is 278 g/mol. The van der Waals surface area contributed by atoms with Crippen LogP contribution in [0.25, 0.3) is 0 Å². The van der Waals surface area contributed by atoms with Gasteiger partial charge in [-0.2, -0.15) is 0 Å². The molecule has 0 amide bonds. The molecule has 2 aliphatic rings. The van der Waals surface area contributed by atoms with Crippen LogP contribution in [0.5, 0.6) is 0 Å². The molecule has 3 rings (SSSR count). The fraction of sp³-hybridized carbons (Fsp3) is 0.600. The van der Waals surface area contributed by atoms with Crippen molar-refractivity contribution >= 4 is 11.8 Å². The van der Waals surface area contributed by atoms with E-state index in [4.69, 9.17) is 10.6 Å². The van der Waals surface area contributed by atoms with Crippen molar-refractivity contribution in [2.24, 2.45) is 11.8 Å². The lowest BCUT2D eigenvalue weighted by Gasteiger charge is -2.29. The van der Waals surface area contributed by atoms with Crippen molar-refractivity contribution < 1.29 is 4.74 Å². The van der Waals surface area contributed by atoms with Gasteiger partial charge in [0.2, 0.25) is 0 Å². The zero-order valence-electron chi connectivity index (χ0n) is 11.2. The number of hydrogen-bond donors (Lipinski definition) is 2. The van der Waals surface area contributed by atoms with Crippen LogP contribution in [0, 0.1) is 5.92 Å². The van der Waals surface area contributed by atoms with Crippen molar-refractivity contribution in [3.63, 3.8) is 0 Å². The average Bonchev–Trinajstić information content (AvgIpc) is 2.90. The Labute approximate surface area is 119 Å². The molecular formula is C15H22N2OS. The van der Waals surface area contributed by atoms with Crippen LogP contribution in [0.1, 0.15) is 30.7 Å². The highest BCUT2D eigenvalue weighted by Gasteiger charge is 2.31. The molecule has 19 heavy (non-hydrogen) atoms. The van der Waals surface area contributed by atoms with Crippen molar-refractivity contribution in [3.05, 3.63) is 29.8 Å². The highest BCUT2D eigenvalue weighted by atomic mass is 32.2. The van der Waals surface area contributed by atoms with Crippen LogP contribution in [0.4, 0.5) is 0 Å². The Balaban J connectivity index is 1.69. The SMILES string of the molecule is NNC(CC1CCOCC1)C1CSc2ccccc21. The molecule has 2 heterocycles. The molecule has 0 spiro atoms. The molecule has 1 aromatic rings. The van der Waals surface area contributed by atoms with Gasteiger partial charge in [0.1, 0.15) is 0 Å². The third kappa shape index (κ3) is 2.97. The molecule has 0 aliphatic carbocycles. The van der Waals surface area contributed by atoms with E-state index in [1.165, 1.54) is 29.7 Å². The molecular weight excluding hydrogens is 256 g/mol. The van der Waals surface area contributed by atoms with E-state index in [9.17, 15) is 0 Å². The van der Waals surface area contributed by atoms with Crippen molar-refractivity contribution in [2.45, 2.75) is 36.1 Å². The van der Waals surface area contributed by atoms with Crippen molar-refractivity contribution in [2.75, 3.05) is 19.0 Å². The molecule has 0 bridgehead atoms. The van der Waals surface area contributed by atoms with E-state index in [0.717, 1.165) is 24.9 Å². The number of thioether (sulfide) groups is 1. The molecule has 1 aromatic carbocycles. The lowest BCUT2D eigenvalue weighted by molar-refractivity contribution is 0.0597. The number of hydrogen-bond acceptors (Lipinski definition) is 4. The van der Waals surface area contributed by atoms with Gasteiger partial charge in [-0.25, -0.2) is 0 Å². The van der Waals surface area contributed by atoms with E-state index in [0.29, 0.717) is 12.0 Å².